The van der Waals surface area contributed by atoms with Crippen LogP contribution in [-0.2, 0) is 16.1 Å². The topological polar surface area (TPSA) is 54.5 Å². The number of ether oxygens (including phenoxy) is 1. The molecule has 0 aliphatic carbocycles. The molecule has 1 aromatic heterocycles. The van der Waals surface area contributed by atoms with Gasteiger partial charge in [-0.05, 0) is 41.2 Å². The Morgan fingerprint density at radius 3 is 2.68 bits per heavy atom. The summed E-state index contributed by atoms with van der Waals surface area (Å²) >= 11 is 1.62. The van der Waals surface area contributed by atoms with Crippen molar-refractivity contribution in [3.8, 4) is 0 Å². The molecule has 0 bridgehead atoms. The predicted octanol–water partition coefficient (Wildman–Crippen LogP) is 2.98. The molecule has 0 saturated heterocycles. The quantitative estimate of drug-likeness (QED) is 0.797. The van der Waals surface area contributed by atoms with E-state index in [2.05, 4.69) is 27.5 Å². The maximum absolute atomic E-state index is 12.0. The van der Waals surface area contributed by atoms with Gasteiger partial charge in [0.05, 0.1) is 12.2 Å². The Kier molecular flexibility index (Phi) is 7.45. The van der Waals surface area contributed by atoms with Crippen LogP contribution in [0.2, 0.25) is 0 Å². The maximum Gasteiger partial charge on any atom is 0.234 e. The minimum Gasteiger partial charge on any atom is -0.372 e. The average molecular weight is 327 g/mol. The molecule has 126 valence electrons. The van der Waals surface area contributed by atoms with Gasteiger partial charge in [0, 0.05) is 24.1 Å². The summed E-state index contributed by atoms with van der Waals surface area (Å²) in [6.45, 7) is 14.6. The fraction of sp³-hybridized carbons (Fsp3) is 0.750. The summed E-state index contributed by atoms with van der Waals surface area (Å²) in [7, 11) is 0. The molecule has 0 aliphatic rings. The van der Waals surface area contributed by atoms with Gasteiger partial charge in [0.15, 0.2) is 0 Å². The lowest BCUT2D eigenvalue weighted by molar-refractivity contribution is -0.123. The van der Waals surface area contributed by atoms with Gasteiger partial charge in [0.25, 0.3) is 0 Å². The first-order valence-electron chi connectivity index (χ1n) is 7.84. The van der Waals surface area contributed by atoms with Gasteiger partial charge in [-0.3, -0.25) is 9.69 Å². The molecule has 1 N–H and O–H groups in total. The number of rotatable bonds is 8. The van der Waals surface area contributed by atoms with E-state index < -0.39 is 0 Å². The Labute approximate surface area is 138 Å². The molecule has 0 fully saturated rings. The molecule has 0 aliphatic heterocycles. The van der Waals surface area contributed by atoms with Gasteiger partial charge in [0.2, 0.25) is 5.91 Å². The summed E-state index contributed by atoms with van der Waals surface area (Å²) in [5.74, 6) is 0.0486. The van der Waals surface area contributed by atoms with Crippen LogP contribution in [0.1, 0.15) is 58.3 Å². The molecule has 6 heteroatoms. The first-order chi connectivity index (χ1) is 10.2. The van der Waals surface area contributed by atoms with Crippen molar-refractivity contribution < 1.29 is 9.53 Å². The van der Waals surface area contributed by atoms with Crippen LogP contribution in [0.4, 0.5) is 0 Å². The van der Waals surface area contributed by atoms with E-state index in [1.54, 1.807) is 11.3 Å². The van der Waals surface area contributed by atoms with E-state index in [4.69, 9.17) is 4.74 Å². The fourth-order valence-corrected chi connectivity index (χ4v) is 2.89. The van der Waals surface area contributed by atoms with E-state index in [0.29, 0.717) is 19.7 Å². The first kappa shape index (κ1) is 19.1. The van der Waals surface area contributed by atoms with Crippen molar-refractivity contribution in [2.24, 2.45) is 0 Å². The second kappa shape index (κ2) is 8.60. The van der Waals surface area contributed by atoms with Crippen molar-refractivity contribution in [2.75, 3.05) is 19.7 Å². The Morgan fingerprint density at radius 1 is 1.45 bits per heavy atom. The minimum atomic E-state index is -0.197. The standard InChI is InChI=1S/C16H29N3O2S/c1-7-19(10-14(20)18-16(4,5)6)9-13-11-22-15(17-13)12(3)21-8-2/h11-12H,7-10H2,1-6H3,(H,18,20). The molecule has 1 aromatic rings. The average Bonchev–Trinajstić information content (AvgIpc) is 2.84. The lowest BCUT2D eigenvalue weighted by Crippen LogP contribution is -2.45. The van der Waals surface area contributed by atoms with Crippen molar-refractivity contribution in [1.29, 1.82) is 0 Å². The first-order valence-corrected chi connectivity index (χ1v) is 8.72. The smallest absolute Gasteiger partial charge is 0.234 e. The summed E-state index contributed by atoms with van der Waals surface area (Å²) in [6.07, 6.45) is 0.0306. The van der Waals surface area contributed by atoms with Gasteiger partial charge in [-0.2, -0.15) is 0 Å². The van der Waals surface area contributed by atoms with Crippen LogP contribution in [0.5, 0.6) is 0 Å². The van der Waals surface area contributed by atoms with Crippen molar-refractivity contribution >= 4 is 17.2 Å². The third kappa shape index (κ3) is 6.85. The number of amides is 1. The molecule has 0 aromatic carbocycles. The van der Waals surface area contributed by atoms with Crippen LogP contribution < -0.4 is 5.32 Å². The summed E-state index contributed by atoms with van der Waals surface area (Å²) in [6, 6.07) is 0. The maximum atomic E-state index is 12.0. The lowest BCUT2D eigenvalue weighted by atomic mass is 10.1. The Bertz CT molecular complexity index is 468. The molecule has 1 rings (SSSR count). The van der Waals surface area contributed by atoms with E-state index >= 15 is 0 Å². The van der Waals surface area contributed by atoms with Gasteiger partial charge in [-0.15, -0.1) is 11.3 Å². The summed E-state index contributed by atoms with van der Waals surface area (Å²) in [4.78, 5) is 18.7. The van der Waals surface area contributed by atoms with E-state index in [0.717, 1.165) is 17.2 Å². The number of nitrogens with zero attached hydrogens (tertiary/aromatic N) is 2. The number of carbonyl (C=O) groups excluding carboxylic acids is 1. The number of hydrogen-bond donors (Lipinski definition) is 1. The molecule has 1 atom stereocenters. The molecule has 1 heterocycles. The normalized spacial score (nSPS) is 13.4. The third-order valence-electron chi connectivity index (χ3n) is 3.05. The predicted molar refractivity (Wildman–Crippen MR) is 91.0 cm³/mol. The number of likely N-dealkylation sites (N-methyl/N-ethyl adjacent to an activating group) is 1. The van der Waals surface area contributed by atoms with Crippen LogP contribution in [0.3, 0.4) is 0 Å². The van der Waals surface area contributed by atoms with Crippen molar-refractivity contribution in [3.05, 3.63) is 16.1 Å². The van der Waals surface area contributed by atoms with E-state index in [1.165, 1.54) is 0 Å². The highest BCUT2D eigenvalue weighted by Crippen LogP contribution is 2.21. The largest absolute Gasteiger partial charge is 0.372 e. The molecule has 0 saturated carbocycles. The zero-order valence-electron chi connectivity index (χ0n) is 14.6. The highest BCUT2D eigenvalue weighted by Gasteiger charge is 2.17. The van der Waals surface area contributed by atoms with Crippen LogP contribution in [-0.4, -0.2) is 41.0 Å². The summed E-state index contributed by atoms with van der Waals surface area (Å²) in [5, 5.41) is 6.03. The highest BCUT2D eigenvalue weighted by molar-refractivity contribution is 7.09. The summed E-state index contributed by atoms with van der Waals surface area (Å²) < 4.78 is 5.56. The number of nitrogens with one attached hydrogen (secondary N) is 1. The Hall–Kier alpha value is -0.980. The Balaban J connectivity index is 2.57. The molecule has 1 amide bonds. The van der Waals surface area contributed by atoms with E-state index in [-0.39, 0.29) is 17.6 Å². The highest BCUT2D eigenvalue weighted by atomic mass is 32.1. The van der Waals surface area contributed by atoms with Crippen LogP contribution in [0.25, 0.3) is 0 Å². The zero-order chi connectivity index (χ0) is 16.8. The molecule has 0 spiro atoms. The lowest BCUT2D eigenvalue weighted by Gasteiger charge is -2.24. The fourth-order valence-electron chi connectivity index (χ4n) is 2.07. The minimum absolute atomic E-state index is 0.0306. The number of aromatic nitrogens is 1. The molecule has 1 unspecified atom stereocenters. The number of carbonyl (C=O) groups is 1. The van der Waals surface area contributed by atoms with Crippen LogP contribution in [0.15, 0.2) is 5.38 Å². The van der Waals surface area contributed by atoms with Gasteiger partial charge in [-0.25, -0.2) is 4.98 Å². The molecule has 22 heavy (non-hydrogen) atoms. The van der Waals surface area contributed by atoms with Crippen molar-refractivity contribution in [1.82, 2.24) is 15.2 Å². The van der Waals surface area contributed by atoms with Gasteiger partial charge in [0.1, 0.15) is 11.1 Å². The molecular formula is C16H29N3O2S. The van der Waals surface area contributed by atoms with Gasteiger partial charge >= 0.3 is 0 Å². The second-order valence-electron chi connectivity index (χ2n) is 6.38. The second-order valence-corrected chi connectivity index (χ2v) is 7.27. The van der Waals surface area contributed by atoms with Crippen molar-refractivity contribution in [3.63, 3.8) is 0 Å². The van der Waals surface area contributed by atoms with Gasteiger partial charge in [-0.1, -0.05) is 6.92 Å². The molecule has 0 radical (unpaired) electrons. The molecular weight excluding hydrogens is 298 g/mol. The Morgan fingerprint density at radius 2 is 2.14 bits per heavy atom. The van der Waals surface area contributed by atoms with Crippen LogP contribution in [0, 0.1) is 0 Å². The van der Waals surface area contributed by atoms with E-state index in [1.807, 2.05) is 34.6 Å². The van der Waals surface area contributed by atoms with Crippen molar-refractivity contribution in [2.45, 2.75) is 59.7 Å². The number of hydrogen-bond acceptors (Lipinski definition) is 5. The molecule has 5 nitrogen and oxygen atoms in total. The SMILES string of the molecule is CCOC(C)c1nc(CN(CC)CC(=O)NC(C)(C)C)cs1. The van der Waals surface area contributed by atoms with E-state index in [9.17, 15) is 4.79 Å². The summed E-state index contributed by atoms with van der Waals surface area (Å²) in [5.41, 5.74) is 0.800. The van der Waals surface area contributed by atoms with Gasteiger partial charge < -0.3 is 10.1 Å². The number of thiazole rings is 1. The third-order valence-corrected chi connectivity index (χ3v) is 4.10. The monoisotopic (exact) mass is 327 g/mol. The zero-order valence-corrected chi connectivity index (χ0v) is 15.4. The van der Waals surface area contributed by atoms with Crippen LogP contribution >= 0.6 is 11.3 Å².